The standard InChI is InChI=1S/C23H27ClFNO7S/c1-5-20(27)26(21(28)14-8-6-7-9-15(14)23(30)33-12-31-3)18-11-19(16(24)10-17(18)25)34-13(2)22(29)32-4/h10-11,13H,5-9,12H2,1-4H3. The molecule has 0 bridgehead atoms. The lowest BCUT2D eigenvalue weighted by Gasteiger charge is -2.26. The lowest BCUT2D eigenvalue weighted by atomic mass is 9.90. The Bertz CT molecular complexity index is 998. The number of carbonyl (C=O) groups is 4. The van der Waals surface area contributed by atoms with Crippen molar-refractivity contribution in [1.82, 2.24) is 0 Å². The molecule has 186 valence electrons. The first kappa shape index (κ1) is 27.8. The van der Waals surface area contributed by atoms with E-state index >= 15 is 4.39 Å². The third-order valence-corrected chi connectivity index (χ3v) is 6.68. The zero-order chi connectivity index (χ0) is 25.4. The number of ether oxygens (including phenoxy) is 3. The van der Waals surface area contributed by atoms with Gasteiger partial charge in [-0.25, -0.2) is 14.1 Å². The van der Waals surface area contributed by atoms with E-state index in [-0.39, 0.29) is 46.4 Å². The molecular weight excluding hydrogens is 489 g/mol. The van der Waals surface area contributed by atoms with Gasteiger partial charge in [-0.3, -0.25) is 14.4 Å². The minimum Gasteiger partial charge on any atom is -0.468 e. The van der Waals surface area contributed by atoms with Crippen LogP contribution in [0.3, 0.4) is 0 Å². The van der Waals surface area contributed by atoms with Crippen LogP contribution in [0.4, 0.5) is 10.1 Å². The largest absolute Gasteiger partial charge is 0.468 e. The van der Waals surface area contributed by atoms with Crippen molar-refractivity contribution in [2.45, 2.75) is 56.1 Å². The molecule has 0 saturated carbocycles. The summed E-state index contributed by atoms with van der Waals surface area (Å²) in [6.45, 7) is 2.83. The SMILES string of the molecule is CCC(=O)N(C(=O)C1=C(C(=O)OCOC)CCCC1)c1cc(SC(C)C(=O)OC)c(Cl)cc1F. The van der Waals surface area contributed by atoms with Crippen molar-refractivity contribution < 1.29 is 37.8 Å². The van der Waals surface area contributed by atoms with E-state index in [9.17, 15) is 19.2 Å². The Labute approximate surface area is 206 Å². The normalized spacial score (nSPS) is 14.4. The molecule has 0 spiro atoms. The molecule has 1 atom stereocenters. The number of imide groups is 1. The van der Waals surface area contributed by atoms with E-state index < -0.39 is 34.8 Å². The Morgan fingerprint density at radius 2 is 1.79 bits per heavy atom. The first-order chi connectivity index (χ1) is 16.2. The highest BCUT2D eigenvalue weighted by Crippen LogP contribution is 2.37. The Kier molecular flexibility index (Phi) is 10.5. The molecule has 0 saturated heterocycles. The Hall–Kier alpha value is -2.43. The average Bonchev–Trinajstić information content (AvgIpc) is 2.84. The molecule has 8 nitrogen and oxygen atoms in total. The van der Waals surface area contributed by atoms with Gasteiger partial charge in [0, 0.05) is 29.6 Å². The fourth-order valence-corrected chi connectivity index (χ4v) is 4.61. The van der Waals surface area contributed by atoms with E-state index in [2.05, 4.69) is 0 Å². The number of hydrogen-bond donors (Lipinski definition) is 0. The molecule has 1 unspecified atom stereocenters. The second-order valence-electron chi connectivity index (χ2n) is 7.41. The molecule has 0 heterocycles. The molecule has 2 rings (SSSR count). The van der Waals surface area contributed by atoms with Gasteiger partial charge in [-0.2, -0.15) is 0 Å². The van der Waals surface area contributed by atoms with E-state index in [4.69, 9.17) is 25.8 Å². The van der Waals surface area contributed by atoms with Crippen molar-refractivity contribution in [3.05, 3.63) is 34.1 Å². The van der Waals surface area contributed by atoms with E-state index in [1.165, 1.54) is 27.2 Å². The molecule has 34 heavy (non-hydrogen) atoms. The van der Waals surface area contributed by atoms with Gasteiger partial charge in [0.25, 0.3) is 5.91 Å². The summed E-state index contributed by atoms with van der Waals surface area (Å²) in [5, 5.41) is -0.658. The number of amides is 2. The number of rotatable bonds is 9. The predicted molar refractivity (Wildman–Crippen MR) is 125 cm³/mol. The minimum absolute atomic E-state index is 0.0130. The van der Waals surface area contributed by atoms with Crippen LogP contribution < -0.4 is 4.90 Å². The van der Waals surface area contributed by atoms with Crippen molar-refractivity contribution >= 4 is 52.8 Å². The third kappa shape index (κ3) is 6.58. The molecule has 0 aliphatic heterocycles. The van der Waals surface area contributed by atoms with Gasteiger partial charge in [0.2, 0.25) is 5.91 Å². The molecule has 0 N–H and O–H groups in total. The summed E-state index contributed by atoms with van der Waals surface area (Å²) < 4.78 is 29.5. The highest BCUT2D eigenvalue weighted by atomic mass is 35.5. The number of methoxy groups -OCH3 is 2. The van der Waals surface area contributed by atoms with Crippen molar-refractivity contribution in [1.29, 1.82) is 0 Å². The topological polar surface area (TPSA) is 99.2 Å². The summed E-state index contributed by atoms with van der Waals surface area (Å²) in [6.07, 6.45) is 1.72. The van der Waals surface area contributed by atoms with Gasteiger partial charge in [-0.1, -0.05) is 18.5 Å². The van der Waals surface area contributed by atoms with E-state index in [1.807, 2.05) is 0 Å². The van der Waals surface area contributed by atoms with Crippen LogP contribution in [-0.4, -0.2) is 50.0 Å². The molecule has 0 radical (unpaired) electrons. The zero-order valence-corrected chi connectivity index (χ0v) is 21.0. The molecule has 0 fully saturated rings. The fourth-order valence-electron chi connectivity index (χ4n) is 3.40. The molecule has 1 aromatic carbocycles. The molecule has 11 heteroatoms. The van der Waals surface area contributed by atoms with Crippen LogP contribution in [0.1, 0.15) is 46.0 Å². The molecule has 1 aliphatic rings. The van der Waals surface area contributed by atoms with E-state index in [0.717, 1.165) is 22.7 Å². The van der Waals surface area contributed by atoms with Crippen LogP contribution in [0.15, 0.2) is 28.2 Å². The molecule has 1 aromatic rings. The van der Waals surface area contributed by atoms with Gasteiger partial charge in [-0.05, 0) is 44.7 Å². The summed E-state index contributed by atoms with van der Waals surface area (Å²) in [5.74, 6) is -3.58. The fraction of sp³-hybridized carbons (Fsp3) is 0.478. The first-order valence-corrected chi connectivity index (χ1v) is 11.9. The second-order valence-corrected chi connectivity index (χ2v) is 9.20. The predicted octanol–water partition coefficient (Wildman–Crippen LogP) is 4.42. The van der Waals surface area contributed by atoms with Gasteiger partial charge >= 0.3 is 11.9 Å². The van der Waals surface area contributed by atoms with Crippen LogP contribution in [-0.2, 0) is 33.4 Å². The maximum absolute atomic E-state index is 15.0. The Balaban J connectivity index is 2.55. The summed E-state index contributed by atoms with van der Waals surface area (Å²) >= 11 is 7.17. The monoisotopic (exact) mass is 515 g/mol. The number of esters is 2. The number of anilines is 1. The Morgan fingerprint density at radius 1 is 1.15 bits per heavy atom. The zero-order valence-electron chi connectivity index (χ0n) is 19.4. The number of carbonyl (C=O) groups excluding carboxylic acids is 4. The number of benzene rings is 1. The van der Waals surface area contributed by atoms with Crippen molar-refractivity contribution in [3.8, 4) is 0 Å². The number of nitrogens with zero attached hydrogens (tertiary/aromatic N) is 1. The van der Waals surface area contributed by atoms with Crippen LogP contribution >= 0.6 is 23.4 Å². The highest BCUT2D eigenvalue weighted by molar-refractivity contribution is 8.00. The van der Waals surface area contributed by atoms with Gasteiger partial charge in [0.05, 0.1) is 17.8 Å². The van der Waals surface area contributed by atoms with Crippen molar-refractivity contribution in [3.63, 3.8) is 0 Å². The molecular formula is C23H27ClFNO7S. The molecule has 2 amide bonds. The van der Waals surface area contributed by atoms with Gasteiger partial charge in [-0.15, -0.1) is 11.8 Å². The van der Waals surface area contributed by atoms with Gasteiger partial charge in [0.1, 0.15) is 11.1 Å². The summed E-state index contributed by atoms with van der Waals surface area (Å²) in [6, 6.07) is 2.23. The van der Waals surface area contributed by atoms with E-state index in [0.29, 0.717) is 19.3 Å². The number of hydrogen-bond acceptors (Lipinski definition) is 8. The summed E-state index contributed by atoms with van der Waals surface area (Å²) in [7, 11) is 2.60. The van der Waals surface area contributed by atoms with Gasteiger partial charge < -0.3 is 14.2 Å². The van der Waals surface area contributed by atoms with E-state index in [1.54, 1.807) is 6.92 Å². The second kappa shape index (κ2) is 12.9. The first-order valence-electron chi connectivity index (χ1n) is 10.6. The molecule has 0 aromatic heterocycles. The maximum Gasteiger partial charge on any atom is 0.336 e. The number of thioether (sulfide) groups is 1. The van der Waals surface area contributed by atoms with Crippen LogP contribution in [0.25, 0.3) is 0 Å². The maximum atomic E-state index is 15.0. The quantitative estimate of drug-likeness (QED) is 0.271. The van der Waals surface area contributed by atoms with Crippen LogP contribution in [0.2, 0.25) is 5.02 Å². The molecule has 1 aliphatic carbocycles. The third-order valence-electron chi connectivity index (χ3n) is 5.11. The summed E-state index contributed by atoms with van der Waals surface area (Å²) in [4.78, 5) is 51.7. The van der Waals surface area contributed by atoms with Crippen LogP contribution in [0.5, 0.6) is 0 Å². The smallest absolute Gasteiger partial charge is 0.336 e. The lowest BCUT2D eigenvalue weighted by Crippen LogP contribution is -2.39. The average molecular weight is 516 g/mol. The highest BCUT2D eigenvalue weighted by Gasteiger charge is 2.33. The van der Waals surface area contributed by atoms with Crippen LogP contribution in [0, 0.1) is 5.82 Å². The Morgan fingerprint density at radius 3 is 2.38 bits per heavy atom. The number of halogens is 2. The minimum atomic E-state index is -0.893. The van der Waals surface area contributed by atoms with Crippen molar-refractivity contribution in [2.75, 3.05) is 25.9 Å². The lowest BCUT2D eigenvalue weighted by molar-refractivity contribution is -0.150. The summed E-state index contributed by atoms with van der Waals surface area (Å²) in [5.41, 5.74) is -0.0744. The van der Waals surface area contributed by atoms with Gasteiger partial charge in [0.15, 0.2) is 6.79 Å². The van der Waals surface area contributed by atoms with Crippen molar-refractivity contribution in [2.24, 2.45) is 0 Å².